The molecule has 3 aromatic rings. The first-order valence-corrected chi connectivity index (χ1v) is 8.36. The Morgan fingerprint density at radius 2 is 1.92 bits per heavy atom. The van der Waals surface area contributed by atoms with E-state index in [9.17, 15) is 4.79 Å². The number of imidazole rings is 1. The summed E-state index contributed by atoms with van der Waals surface area (Å²) in [5, 5.41) is 12.2. The minimum atomic E-state index is -0.396. The quantitative estimate of drug-likeness (QED) is 0.713. The number of carbonyl (C=O) groups excluding carboxylic acids is 1. The standard InChI is InChI=1S/C18H14Cl2N4O/c1-11-22-17-14(7-3-8-15(17)24(11)10-4-9-21)23-18(25)16-12(19)5-2-6-13(16)20/h2-3,5-8H,4,10H2,1H3,(H,23,25). The molecule has 1 N–H and O–H groups in total. The van der Waals surface area contributed by atoms with Gasteiger partial charge in [0.05, 0.1) is 39.3 Å². The Hall–Kier alpha value is -2.55. The van der Waals surface area contributed by atoms with Crippen molar-refractivity contribution in [3.8, 4) is 6.07 Å². The summed E-state index contributed by atoms with van der Waals surface area (Å²) < 4.78 is 1.96. The normalized spacial score (nSPS) is 10.6. The molecule has 0 spiro atoms. The average Bonchev–Trinajstić information content (AvgIpc) is 2.89. The molecule has 0 saturated carbocycles. The van der Waals surface area contributed by atoms with Gasteiger partial charge in [-0.15, -0.1) is 0 Å². The Kier molecular flexibility index (Phi) is 4.93. The van der Waals surface area contributed by atoms with Crippen molar-refractivity contribution in [3.63, 3.8) is 0 Å². The number of hydrogen-bond acceptors (Lipinski definition) is 3. The lowest BCUT2D eigenvalue weighted by molar-refractivity contribution is 0.102. The van der Waals surface area contributed by atoms with Crippen LogP contribution >= 0.6 is 23.2 Å². The molecular weight excluding hydrogens is 359 g/mol. The summed E-state index contributed by atoms with van der Waals surface area (Å²) in [4.78, 5) is 17.1. The van der Waals surface area contributed by atoms with Crippen LogP contribution in [0, 0.1) is 18.3 Å². The van der Waals surface area contributed by atoms with Crippen LogP contribution in [0.15, 0.2) is 36.4 Å². The van der Waals surface area contributed by atoms with E-state index in [4.69, 9.17) is 28.5 Å². The molecule has 0 aliphatic heterocycles. The van der Waals surface area contributed by atoms with Crippen LogP contribution < -0.4 is 5.32 Å². The van der Waals surface area contributed by atoms with E-state index in [0.717, 1.165) is 11.3 Å². The third kappa shape index (κ3) is 3.32. The summed E-state index contributed by atoms with van der Waals surface area (Å²) in [6, 6.07) is 12.6. The number of amides is 1. The molecule has 0 bridgehead atoms. The number of benzene rings is 2. The summed E-state index contributed by atoms with van der Waals surface area (Å²) >= 11 is 12.2. The van der Waals surface area contributed by atoms with E-state index in [1.54, 1.807) is 24.3 Å². The zero-order chi connectivity index (χ0) is 18.0. The number of para-hydroxylation sites is 1. The van der Waals surface area contributed by atoms with Gasteiger partial charge in [-0.1, -0.05) is 35.3 Å². The van der Waals surface area contributed by atoms with Crippen LogP contribution in [0.5, 0.6) is 0 Å². The van der Waals surface area contributed by atoms with Crippen LogP contribution in [0.25, 0.3) is 11.0 Å². The number of nitrogens with one attached hydrogen (secondary N) is 1. The molecule has 1 heterocycles. The molecule has 3 rings (SSSR count). The zero-order valence-corrected chi connectivity index (χ0v) is 14.9. The summed E-state index contributed by atoms with van der Waals surface area (Å²) in [7, 11) is 0. The van der Waals surface area contributed by atoms with Crippen LogP contribution in [-0.4, -0.2) is 15.5 Å². The Morgan fingerprint density at radius 3 is 2.60 bits per heavy atom. The maximum Gasteiger partial charge on any atom is 0.258 e. The van der Waals surface area contributed by atoms with Crippen LogP contribution in [0.1, 0.15) is 22.6 Å². The first-order valence-electron chi connectivity index (χ1n) is 7.61. The predicted molar refractivity (Wildman–Crippen MR) is 99.1 cm³/mol. The number of aromatic nitrogens is 2. The lowest BCUT2D eigenvalue weighted by Gasteiger charge is -2.09. The lowest BCUT2D eigenvalue weighted by atomic mass is 10.2. The molecule has 0 atom stereocenters. The fraction of sp³-hybridized carbons (Fsp3) is 0.167. The second-order valence-corrected chi connectivity index (χ2v) is 6.26. The van der Waals surface area contributed by atoms with Crippen LogP contribution in [-0.2, 0) is 6.54 Å². The van der Waals surface area contributed by atoms with Gasteiger partial charge in [0.15, 0.2) is 0 Å². The van der Waals surface area contributed by atoms with Gasteiger partial charge in [0.25, 0.3) is 5.91 Å². The highest BCUT2D eigenvalue weighted by molar-refractivity contribution is 6.40. The molecule has 0 unspecified atom stereocenters. The summed E-state index contributed by atoms with van der Waals surface area (Å²) in [6.07, 6.45) is 0.387. The molecule has 7 heteroatoms. The topological polar surface area (TPSA) is 70.7 Å². The summed E-state index contributed by atoms with van der Waals surface area (Å²) in [5.74, 6) is 0.384. The van der Waals surface area contributed by atoms with Crippen LogP contribution in [0.2, 0.25) is 10.0 Å². The second kappa shape index (κ2) is 7.14. The Labute approximate surface area is 154 Å². The maximum atomic E-state index is 12.6. The Bertz CT molecular complexity index is 984. The van der Waals surface area contributed by atoms with Gasteiger partial charge < -0.3 is 9.88 Å². The minimum Gasteiger partial charge on any atom is -0.327 e. The maximum absolute atomic E-state index is 12.6. The van der Waals surface area contributed by atoms with E-state index in [0.29, 0.717) is 24.2 Å². The van der Waals surface area contributed by atoms with Crippen molar-refractivity contribution in [2.24, 2.45) is 0 Å². The first-order chi connectivity index (χ1) is 12.0. The van der Waals surface area contributed by atoms with Gasteiger partial charge in [0.2, 0.25) is 0 Å². The molecule has 0 aliphatic carbocycles. The molecule has 126 valence electrons. The fourth-order valence-corrected chi connectivity index (χ4v) is 3.28. The van der Waals surface area contributed by atoms with Crippen molar-refractivity contribution in [3.05, 3.63) is 57.8 Å². The highest BCUT2D eigenvalue weighted by atomic mass is 35.5. The van der Waals surface area contributed by atoms with Gasteiger partial charge in [-0.25, -0.2) is 4.98 Å². The molecule has 25 heavy (non-hydrogen) atoms. The molecule has 0 fully saturated rings. The number of nitrogens with zero attached hydrogens (tertiary/aromatic N) is 3. The number of anilines is 1. The monoisotopic (exact) mass is 372 g/mol. The van der Waals surface area contributed by atoms with Crippen molar-refractivity contribution in [2.45, 2.75) is 19.9 Å². The Balaban J connectivity index is 2.00. The van der Waals surface area contributed by atoms with E-state index in [-0.39, 0.29) is 15.6 Å². The largest absolute Gasteiger partial charge is 0.327 e. The lowest BCUT2D eigenvalue weighted by Crippen LogP contribution is -2.13. The highest BCUT2D eigenvalue weighted by Gasteiger charge is 2.17. The van der Waals surface area contributed by atoms with Crippen molar-refractivity contribution in [1.82, 2.24) is 9.55 Å². The number of nitriles is 1. The van der Waals surface area contributed by atoms with Crippen molar-refractivity contribution in [1.29, 1.82) is 5.26 Å². The minimum absolute atomic E-state index is 0.225. The molecule has 1 amide bonds. The molecule has 5 nitrogen and oxygen atoms in total. The SMILES string of the molecule is Cc1nc2c(NC(=O)c3c(Cl)cccc3Cl)cccc2n1CCC#N. The zero-order valence-electron chi connectivity index (χ0n) is 13.4. The predicted octanol–water partition coefficient (Wildman–Crippen LogP) is 4.82. The third-order valence-electron chi connectivity index (χ3n) is 3.85. The van der Waals surface area contributed by atoms with Crippen molar-refractivity contribution >= 4 is 45.8 Å². The van der Waals surface area contributed by atoms with Gasteiger partial charge in [0, 0.05) is 6.54 Å². The first kappa shape index (κ1) is 17.3. The smallest absolute Gasteiger partial charge is 0.258 e. The molecule has 0 aliphatic rings. The van der Waals surface area contributed by atoms with Gasteiger partial charge in [-0.05, 0) is 31.2 Å². The van der Waals surface area contributed by atoms with E-state index < -0.39 is 5.91 Å². The number of fused-ring (bicyclic) bond motifs is 1. The average molecular weight is 373 g/mol. The van der Waals surface area contributed by atoms with Gasteiger partial charge in [-0.2, -0.15) is 5.26 Å². The van der Waals surface area contributed by atoms with E-state index in [2.05, 4.69) is 16.4 Å². The highest BCUT2D eigenvalue weighted by Crippen LogP contribution is 2.28. The molecule has 2 aromatic carbocycles. The molecular formula is C18H14Cl2N4O. The van der Waals surface area contributed by atoms with Gasteiger partial charge >= 0.3 is 0 Å². The summed E-state index contributed by atoms with van der Waals surface area (Å²) in [5.41, 5.74) is 2.31. The number of rotatable bonds is 4. The number of halogens is 2. The second-order valence-electron chi connectivity index (χ2n) is 5.44. The van der Waals surface area contributed by atoms with Gasteiger partial charge in [-0.3, -0.25) is 4.79 Å². The van der Waals surface area contributed by atoms with E-state index in [1.165, 1.54) is 0 Å². The summed E-state index contributed by atoms with van der Waals surface area (Å²) in [6.45, 7) is 2.42. The van der Waals surface area contributed by atoms with Crippen LogP contribution in [0.3, 0.4) is 0 Å². The third-order valence-corrected chi connectivity index (χ3v) is 4.48. The number of hydrogen-bond donors (Lipinski definition) is 1. The van der Waals surface area contributed by atoms with Crippen molar-refractivity contribution in [2.75, 3.05) is 5.32 Å². The Morgan fingerprint density at radius 1 is 1.24 bits per heavy atom. The van der Waals surface area contributed by atoms with E-state index in [1.807, 2.05) is 23.6 Å². The molecule has 0 radical (unpaired) electrons. The number of aryl methyl sites for hydroxylation is 2. The fourth-order valence-electron chi connectivity index (χ4n) is 2.71. The molecule has 0 saturated heterocycles. The van der Waals surface area contributed by atoms with Crippen molar-refractivity contribution < 1.29 is 4.79 Å². The van der Waals surface area contributed by atoms with Crippen LogP contribution in [0.4, 0.5) is 5.69 Å². The van der Waals surface area contributed by atoms with Gasteiger partial charge in [0.1, 0.15) is 11.3 Å². The number of carbonyl (C=O) groups is 1. The van der Waals surface area contributed by atoms with E-state index >= 15 is 0 Å². The molecule has 1 aromatic heterocycles.